The molecule has 7 nitrogen and oxygen atoms in total. The van der Waals surface area contributed by atoms with Crippen molar-refractivity contribution >= 4 is 16.0 Å². The summed E-state index contributed by atoms with van der Waals surface area (Å²) in [5, 5.41) is 9.27. The van der Waals surface area contributed by atoms with Gasteiger partial charge in [0.25, 0.3) is 0 Å². The highest BCUT2D eigenvalue weighted by Gasteiger charge is 2.34. The number of aromatic carboxylic acids is 1. The summed E-state index contributed by atoms with van der Waals surface area (Å²) < 4.78 is 29.3. The quantitative estimate of drug-likeness (QED) is 0.766. The first-order chi connectivity index (χ1) is 11.3. The van der Waals surface area contributed by atoms with E-state index in [-0.39, 0.29) is 16.6 Å². The molecule has 0 aromatic carbocycles. The standard InChI is InChI=1S/C16H27N3O4S/c1-4-18-12-14(11-15(18)16(20)21)24(22,23)19(10-9-17(2)3)13-7-5-6-8-13/h11-13H,4-10H2,1-3H3,(H,20,21). The maximum absolute atomic E-state index is 13.1. The smallest absolute Gasteiger partial charge is 0.352 e. The summed E-state index contributed by atoms with van der Waals surface area (Å²) in [6, 6.07) is 1.28. The van der Waals surface area contributed by atoms with E-state index in [9.17, 15) is 18.3 Å². The molecule has 0 unspecified atom stereocenters. The van der Waals surface area contributed by atoms with Gasteiger partial charge in [0.05, 0.1) is 0 Å². The topological polar surface area (TPSA) is 82.9 Å². The number of rotatable bonds is 8. The van der Waals surface area contributed by atoms with Crippen molar-refractivity contribution < 1.29 is 18.3 Å². The van der Waals surface area contributed by atoms with Crippen LogP contribution in [-0.4, -0.2) is 66.5 Å². The van der Waals surface area contributed by atoms with Crippen molar-refractivity contribution in [1.82, 2.24) is 13.8 Å². The van der Waals surface area contributed by atoms with Crippen LogP contribution in [0.3, 0.4) is 0 Å². The molecule has 1 aromatic heterocycles. The zero-order valence-electron chi connectivity index (χ0n) is 14.6. The van der Waals surface area contributed by atoms with Gasteiger partial charge >= 0.3 is 5.97 Å². The fourth-order valence-electron chi connectivity index (χ4n) is 3.19. The summed E-state index contributed by atoms with van der Waals surface area (Å²) in [6.07, 6.45) is 5.25. The SMILES string of the molecule is CCn1cc(S(=O)(=O)N(CCN(C)C)C2CCCC2)cc1C(=O)O. The predicted molar refractivity (Wildman–Crippen MR) is 91.8 cm³/mol. The van der Waals surface area contributed by atoms with Crippen molar-refractivity contribution in [1.29, 1.82) is 0 Å². The highest BCUT2D eigenvalue weighted by molar-refractivity contribution is 7.89. The van der Waals surface area contributed by atoms with E-state index in [1.165, 1.54) is 16.8 Å². The first-order valence-corrected chi connectivity index (χ1v) is 9.81. The average molecular weight is 357 g/mol. The molecule has 136 valence electrons. The van der Waals surface area contributed by atoms with E-state index < -0.39 is 16.0 Å². The van der Waals surface area contributed by atoms with Crippen LogP contribution >= 0.6 is 0 Å². The Balaban J connectivity index is 2.37. The molecule has 2 rings (SSSR count). The van der Waals surface area contributed by atoms with Gasteiger partial charge in [0.2, 0.25) is 10.0 Å². The van der Waals surface area contributed by atoms with Crippen molar-refractivity contribution in [2.75, 3.05) is 27.2 Å². The van der Waals surface area contributed by atoms with Crippen LogP contribution in [0, 0.1) is 0 Å². The third kappa shape index (κ3) is 3.99. The van der Waals surface area contributed by atoms with Crippen LogP contribution in [0.2, 0.25) is 0 Å². The van der Waals surface area contributed by atoms with Crippen molar-refractivity contribution in [3.63, 3.8) is 0 Å². The second kappa shape index (κ2) is 7.67. The molecule has 1 saturated carbocycles. The van der Waals surface area contributed by atoms with Gasteiger partial charge in [0.15, 0.2) is 0 Å². The van der Waals surface area contributed by atoms with Gasteiger partial charge in [-0.25, -0.2) is 13.2 Å². The number of aromatic nitrogens is 1. The van der Waals surface area contributed by atoms with Crippen LogP contribution in [0.5, 0.6) is 0 Å². The molecule has 0 atom stereocenters. The number of carboxylic acids is 1. The normalized spacial score (nSPS) is 16.4. The molecule has 0 spiro atoms. The van der Waals surface area contributed by atoms with Gasteiger partial charge in [-0.2, -0.15) is 4.31 Å². The summed E-state index contributed by atoms with van der Waals surface area (Å²) in [4.78, 5) is 13.4. The molecule has 24 heavy (non-hydrogen) atoms. The van der Waals surface area contributed by atoms with Gasteiger partial charge in [0, 0.05) is 31.9 Å². The molecule has 1 N–H and O–H groups in total. The Kier molecular flexibility index (Phi) is 6.06. The molecular formula is C16H27N3O4S. The van der Waals surface area contributed by atoms with E-state index in [2.05, 4.69) is 0 Å². The molecule has 0 aliphatic heterocycles. The minimum absolute atomic E-state index is 0.00760. The zero-order chi connectivity index (χ0) is 17.9. The van der Waals surface area contributed by atoms with E-state index in [4.69, 9.17) is 0 Å². The van der Waals surface area contributed by atoms with Gasteiger partial charge < -0.3 is 14.6 Å². The van der Waals surface area contributed by atoms with Gasteiger partial charge in [-0.3, -0.25) is 0 Å². The minimum Gasteiger partial charge on any atom is -0.477 e. The van der Waals surface area contributed by atoms with Gasteiger partial charge in [-0.1, -0.05) is 12.8 Å². The van der Waals surface area contributed by atoms with Crippen LogP contribution in [0.4, 0.5) is 0 Å². The van der Waals surface area contributed by atoms with E-state index in [1.807, 2.05) is 19.0 Å². The molecule has 0 amide bonds. The lowest BCUT2D eigenvalue weighted by molar-refractivity contribution is 0.0685. The molecule has 1 heterocycles. The lowest BCUT2D eigenvalue weighted by atomic mass is 10.2. The van der Waals surface area contributed by atoms with Crippen LogP contribution in [0.15, 0.2) is 17.2 Å². The third-order valence-corrected chi connectivity index (χ3v) is 6.45. The summed E-state index contributed by atoms with van der Waals surface area (Å²) in [6.45, 7) is 3.26. The number of carboxylic acid groups (broad SMARTS) is 1. The fraction of sp³-hybridized carbons (Fsp3) is 0.688. The van der Waals surface area contributed by atoms with Gasteiger partial charge in [-0.05, 0) is 39.9 Å². The Morgan fingerprint density at radius 1 is 1.29 bits per heavy atom. The lowest BCUT2D eigenvalue weighted by Gasteiger charge is -2.28. The van der Waals surface area contributed by atoms with Crippen molar-refractivity contribution in [2.24, 2.45) is 0 Å². The van der Waals surface area contributed by atoms with Crippen molar-refractivity contribution in [3.8, 4) is 0 Å². The second-order valence-electron chi connectivity index (χ2n) is 6.51. The van der Waals surface area contributed by atoms with E-state index in [0.717, 1.165) is 25.7 Å². The highest BCUT2D eigenvalue weighted by Crippen LogP contribution is 2.29. The monoisotopic (exact) mass is 357 g/mol. The van der Waals surface area contributed by atoms with Crippen LogP contribution in [0.25, 0.3) is 0 Å². The largest absolute Gasteiger partial charge is 0.477 e. The summed E-state index contributed by atoms with van der Waals surface area (Å²) in [5.41, 5.74) is 0.00931. The molecule has 1 aliphatic rings. The minimum atomic E-state index is -3.70. The number of hydrogen-bond acceptors (Lipinski definition) is 4. The first kappa shape index (κ1) is 19.0. The maximum atomic E-state index is 13.1. The predicted octanol–water partition coefficient (Wildman–Crippen LogP) is 1.70. The van der Waals surface area contributed by atoms with Crippen LogP contribution < -0.4 is 0 Å². The summed E-state index contributed by atoms with van der Waals surface area (Å²) in [5.74, 6) is -1.11. The molecule has 1 aliphatic carbocycles. The molecule has 0 radical (unpaired) electrons. The first-order valence-electron chi connectivity index (χ1n) is 8.37. The van der Waals surface area contributed by atoms with Gasteiger partial charge in [0.1, 0.15) is 10.6 Å². The van der Waals surface area contributed by atoms with Crippen molar-refractivity contribution in [2.45, 2.75) is 50.1 Å². The number of sulfonamides is 1. The zero-order valence-corrected chi connectivity index (χ0v) is 15.4. The van der Waals surface area contributed by atoms with E-state index >= 15 is 0 Å². The Bertz CT molecular complexity index is 675. The summed E-state index contributed by atoms with van der Waals surface area (Å²) >= 11 is 0. The molecule has 1 fully saturated rings. The fourth-order valence-corrected chi connectivity index (χ4v) is 4.91. The number of likely N-dealkylation sites (N-methyl/N-ethyl adjacent to an activating group) is 1. The third-order valence-electron chi connectivity index (χ3n) is 4.54. The summed E-state index contributed by atoms with van der Waals surface area (Å²) in [7, 11) is 0.122. The van der Waals surface area contributed by atoms with Crippen LogP contribution in [-0.2, 0) is 16.6 Å². The van der Waals surface area contributed by atoms with Crippen LogP contribution in [0.1, 0.15) is 43.1 Å². The Morgan fingerprint density at radius 3 is 2.38 bits per heavy atom. The Labute approximate surface area is 143 Å². The molecular weight excluding hydrogens is 330 g/mol. The van der Waals surface area contributed by atoms with E-state index in [0.29, 0.717) is 19.6 Å². The number of carbonyl (C=O) groups is 1. The molecule has 0 saturated heterocycles. The number of nitrogens with zero attached hydrogens (tertiary/aromatic N) is 3. The van der Waals surface area contributed by atoms with Gasteiger partial charge in [-0.15, -0.1) is 0 Å². The number of hydrogen-bond donors (Lipinski definition) is 1. The Morgan fingerprint density at radius 2 is 1.92 bits per heavy atom. The molecule has 1 aromatic rings. The lowest BCUT2D eigenvalue weighted by Crippen LogP contribution is -2.42. The molecule has 8 heteroatoms. The Hall–Kier alpha value is -1.38. The maximum Gasteiger partial charge on any atom is 0.352 e. The highest BCUT2D eigenvalue weighted by atomic mass is 32.2. The van der Waals surface area contributed by atoms with Crippen molar-refractivity contribution in [3.05, 3.63) is 18.0 Å². The number of aryl methyl sites for hydroxylation is 1. The average Bonchev–Trinajstić information content (AvgIpc) is 3.16. The second-order valence-corrected chi connectivity index (χ2v) is 8.40. The molecule has 0 bridgehead atoms. The van der Waals surface area contributed by atoms with E-state index in [1.54, 1.807) is 11.2 Å².